The number of carboxylic acids is 1. The number of aromatic carboxylic acids is 1. The number of nitrogens with zero attached hydrogens (tertiary/aromatic N) is 4. The molecule has 4 N–H and O–H groups in total. The van der Waals surface area contributed by atoms with Gasteiger partial charge in [0.25, 0.3) is 0 Å². The summed E-state index contributed by atoms with van der Waals surface area (Å²) in [6.45, 7) is 2.94. The van der Waals surface area contributed by atoms with E-state index in [1.165, 1.54) is 21.6 Å². The number of ether oxygens (including phenoxy) is 2. The summed E-state index contributed by atoms with van der Waals surface area (Å²) in [5.74, 6) is 4.73. The maximum absolute atomic E-state index is 13.4. The molecule has 0 spiro atoms. The van der Waals surface area contributed by atoms with Crippen LogP contribution in [0.5, 0.6) is 0 Å². The third-order valence-electron chi connectivity index (χ3n) is 7.23. The summed E-state index contributed by atoms with van der Waals surface area (Å²) in [7, 11) is 2.08. The zero-order valence-corrected chi connectivity index (χ0v) is 23.6. The second kappa shape index (κ2) is 14.6. The molecule has 10 nitrogen and oxygen atoms in total. The fourth-order valence-electron chi connectivity index (χ4n) is 5.21. The molecular formula is C29H37F3N6O4. The number of likely N-dealkylation sites (tertiary alicyclic amines) is 1. The summed E-state index contributed by atoms with van der Waals surface area (Å²) in [4.78, 5) is 13.2. The Morgan fingerprint density at radius 3 is 2.74 bits per heavy atom. The van der Waals surface area contributed by atoms with Gasteiger partial charge in [0.2, 0.25) is 0 Å². The summed E-state index contributed by atoms with van der Waals surface area (Å²) in [6.07, 6.45) is 0.0774. The number of nitrogens with one attached hydrogen (secondary N) is 1. The number of aromatic nitrogens is 3. The Balaban J connectivity index is 1.31. The van der Waals surface area contributed by atoms with Gasteiger partial charge < -0.3 is 35.1 Å². The molecule has 1 saturated heterocycles. The van der Waals surface area contributed by atoms with Gasteiger partial charge in [-0.1, -0.05) is 12.0 Å². The molecule has 0 amide bonds. The third-order valence-corrected chi connectivity index (χ3v) is 7.23. The standard InChI is InChI=1S/C29H37F3N6O4/c1-36-10-7-25(21(18-36)8-12-41-14-15-42-13-11-37-19-22(17-34-37)28(39)40)35-26-5-2-6-27-24(26)16-23(4-3-9-33)38(27)20-29(30,31)32/h2,5-6,16-17,19,21,25,35H,7-15,18,20,33H2,1H3,(H,39,40). The molecule has 2 atom stereocenters. The maximum Gasteiger partial charge on any atom is 0.406 e. The Bertz CT molecular complexity index is 1390. The van der Waals surface area contributed by atoms with Crippen molar-refractivity contribution < 1.29 is 32.5 Å². The van der Waals surface area contributed by atoms with Crippen molar-refractivity contribution in [3.63, 3.8) is 0 Å². The lowest BCUT2D eigenvalue weighted by atomic mass is 9.89. The van der Waals surface area contributed by atoms with Crippen LogP contribution in [0, 0.1) is 17.8 Å². The highest BCUT2D eigenvalue weighted by atomic mass is 19.4. The monoisotopic (exact) mass is 590 g/mol. The highest BCUT2D eigenvalue weighted by molar-refractivity contribution is 5.94. The molecule has 2 aromatic heterocycles. The number of rotatable bonds is 13. The van der Waals surface area contributed by atoms with E-state index in [4.69, 9.17) is 20.3 Å². The van der Waals surface area contributed by atoms with Crippen LogP contribution in [0.2, 0.25) is 0 Å². The van der Waals surface area contributed by atoms with Crippen LogP contribution >= 0.6 is 0 Å². The van der Waals surface area contributed by atoms with Crippen LogP contribution in [-0.4, -0.2) is 95.7 Å². The largest absolute Gasteiger partial charge is 0.478 e. The van der Waals surface area contributed by atoms with Crippen molar-refractivity contribution >= 4 is 22.6 Å². The van der Waals surface area contributed by atoms with Crippen molar-refractivity contribution in [1.29, 1.82) is 0 Å². The van der Waals surface area contributed by atoms with Crippen LogP contribution in [-0.2, 0) is 22.6 Å². The second-order valence-corrected chi connectivity index (χ2v) is 10.3. The van der Waals surface area contributed by atoms with Crippen molar-refractivity contribution in [2.75, 3.05) is 58.4 Å². The molecule has 3 heterocycles. The Labute approximate surface area is 242 Å². The number of alkyl halides is 3. The average Bonchev–Trinajstić information content (AvgIpc) is 3.55. The number of carbonyl (C=O) groups is 1. The number of benzene rings is 1. The van der Waals surface area contributed by atoms with E-state index in [0.29, 0.717) is 43.9 Å². The molecule has 228 valence electrons. The number of fused-ring (bicyclic) bond motifs is 1. The second-order valence-electron chi connectivity index (χ2n) is 10.3. The first-order valence-electron chi connectivity index (χ1n) is 13.9. The number of carboxylic acid groups (broad SMARTS) is 1. The number of nitrogens with two attached hydrogens (primary N) is 1. The van der Waals surface area contributed by atoms with Gasteiger partial charge in [-0.15, -0.1) is 0 Å². The van der Waals surface area contributed by atoms with Gasteiger partial charge in [-0.25, -0.2) is 4.79 Å². The van der Waals surface area contributed by atoms with Crippen molar-refractivity contribution in [2.24, 2.45) is 11.7 Å². The minimum atomic E-state index is -4.38. The first-order chi connectivity index (χ1) is 20.1. The molecule has 4 rings (SSSR count). The molecule has 3 aromatic rings. The molecular weight excluding hydrogens is 553 g/mol. The summed E-state index contributed by atoms with van der Waals surface area (Å²) < 4.78 is 54.3. The summed E-state index contributed by atoms with van der Waals surface area (Å²) in [5, 5.41) is 17.3. The molecule has 2 unspecified atom stereocenters. The van der Waals surface area contributed by atoms with E-state index >= 15 is 0 Å². The van der Waals surface area contributed by atoms with Crippen LogP contribution in [0.3, 0.4) is 0 Å². The maximum atomic E-state index is 13.4. The van der Waals surface area contributed by atoms with E-state index in [1.54, 1.807) is 18.2 Å². The van der Waals surface area contributed by atoms with Gasteiger partial charge in [-0.3, -0.25) is 4.68 Å². The lowest BCUT2D eigenvalue weighted by Crippen LogP contribution is -2.45. The van der Waals surface area contributed by atoms with Crippen molar-refractivity contribution in [3.8, 4) is 11.8 Å². The molecule has 0 bridgehead atoms. The van der Waals surface area contributed by atoms with Crippen molar-refractivity contribution in [3.05, 3.63) is 47.9 Å². The first kappa shape index (κ1) is 31.4. The predicted octanol–water partition coefficient (Wildman–Crippen LogP) is 3.26. The van der Waals surface area contributed by atoms with Crippen LogP contribution in [0.4, 0.5) is 18.9 Å². The van der Waals surface area contributed by atoms with E-state index in [0.717, 1.165) is 31.6 Å². The topological polar surface area (TPSA) is 120 Å². The van der Waals surface area contributed by atoms with Crippen molar-refractivity contribution in [2.45, 2.75) is 38.1 Å². The normalized spacial score (nSPS) is 17.7. The van der Waals surface area contributed by atoms with E-state index < -0.39 is 18.7 Å². The van der Waals surface area contributed by atoms with E-state index in [-0.39, 0.29) is 29.8 Å². The number of anilines is 1. The molecule has 1 fully saturated rings. The van der Waals surface area contributed by atoms with Gasteiger partial charge in [-0.05, 0) is 56.5 Å². The van der Waals surface area contributed by atoms with Gasteiger partial charge in [0, 0.05) is 36.5 Å². The number of piperidine rings is 1. The number of halogens is 3. The van der Waals surface area contributed by atoms with Crippen molar-refractivity contribution in [1.82, 2.24) is 19.2 Å². The van der Waals surface area contributed by atoms with Gasteiger partial charge in [0.1, 0.15) is 6.54 Å². The van der Waals surface area contributed by atoms with Gasteiger partial charge in [-0.2, -0.15) is 18.3 Å². The Morgan fingerprint density at radius 2 is 2.02 bits per heavy atom. The molecule has 13 heteroatoms. The number of hydrogen-bond donors (Lipinski definition) is 3. The van der Waals surface area contributed by atoms with Gasteiger partial charge >= 0.3 is 12.1 Å². The van der Waals surface area contributed by atoms with Gasteiger partial charge in [0.15, 0.2) is 0 Å². The van der Waals surface area contributed by atoms with E-state index in [1.807, 2.05) is 6.07 Å². The molecule has 0 aliphatic carbocycles. The predicted molar refractivity (Wildman–Crippen MR) is 152 cm³/mol. The zero-order valence-electron chi connectivity index (χ0n) is 23.6. The van der Waals surface area contributed by atoms with Crippen LogP contribution in [0.1, 0.15) is 28.9 Å². The molecule has 0 radical (unpaired) electrons. The average molecular weight is 591 g/mol. The quantitative estimate of drug-likeness (QED) is 0.205. The van der Waals surface area contributed by atoms with Gasteiger partial charge in [0.05, 0.1) is 55.9 Å². The van der Waals surface area contributed by atoms with E-state index in [2.05, 4.69) is 34.2 Å². The summed E-state index contributed by atoms with van der Waals surface area (Å²) in [6, 6.07) is 7.18. The molecule has 1 aliphatic rings. The molecule has 42 heavy (non-hydrogen) atoms. The summed E-state index contributed by atoms with van der Waals surface area (Å²) >= 11 is 0. The smallest absolute Gasteiger partial charge is 0.406 e. The molecule has 1 aromatic carbocycles. The fourth-order valence-corrected chi connectivity index (χ4v) is 5.21. The van der Waals surface area contributed by atoms with Crippen LogP contribution in [0.25, 0.3) is 10.9 Å². The minimum Gasteiger partial charge on any atom is -0.478 e. The lowest BCUT2D eigenvalue weighted by Gasteiger charge is -2.38. The zero-order chi connectivity index (χ0) is 30.1. The molecule has 1 aliphatic heterocycles. The van der Waals surface area contributed by atoms with Crippen LogP contribution in [0.15, 0.2) is 36.7 Å². The highest BCUT2D eigenvalue weighted by Crippen LogP contribution is 2.32. The SMILES string of the molecule is CN1CCC(Nc2cccc3c2cc(C#CCN)n3CC(F)(F)F)C(CCOCCOCCn2cc(C(=O)O)cn2)C1. The Morgan fingerprint density at radius 1 is 1.24 bits per heavy atom. The first-order valence-corrected chi connectivity index (χ1v) is 13.9. The number of hydrogen-bond acceptors (Lipinski definition) is 7. The lowest BCUT2D eigenvalue weighted by molar-refractivity contribution is -0.140. The Hall–Kier alpha value is -3.57. The third kappa shape index (κ3) is 8.72. The van der Waals surface area contributed by atoms with E-state index in [9.17, 15) is 18.0 Å². The Kier molecular flexibility index (Phi) is 10.9. The summed E-state index contributed by atoms with van der Waals surface area (Å²) in [5.41, 5.74) is 7.16. The van der Waals surface area contributed by atoms with Crippen LogP contribution < -0.4 is 11.1 Å². The highest BCUT2D eigenvalue weighted by Gasteiger charge is 2.31. The fraction of sp³-hybridized carbons (Fsp3) is 0.517. The minimum absolute atomic E-state index is 0.0603. The molecule has 0 saturated carbocycles.